The van der Waals surface area contributed by atoms with Crippen LogP contribution < -0.4 is 9.47 Å². The number of phenolic OH excluding ortho intramolecular Hbond substituents is 2. The number of carbonyl (C=O) groups excluding carboxylic acids is 2. The van der Waals surface area contributed by atoms with E-state index in [-0.39, 0.29) is 73.4 Å². The Hall–Kier alpha value is -4.80. The molecular weight excluding hydrogens is 662 g/mol. The van der Waals surface area contributed by atoms with E-state index >= 15 is 0 Å². The molecule has 5 atom stereocenters. The SMILES string of the molecule is COc1cc2c(cc1O)C(c1cc3ccccc3[nH]1)=CC1CCC(CCO)CC1C2CC(=O)CC(CCc1ccc(O)c(OCCO)c1)OC(C)=O. The fourth-order valence-electron chi connectivity index (χ4n) is 8.30. The second-order valence-corrected chi connectivity index (χ2v) is 14.2. The van der Waals surface area contributed by atoms with Crippen LogP contribution in [-0.4, -0.2) is 70.2 Å². The lowest BCUT2D eigenvalue weighted by Crippen LogP contribution is -2.31. The lowest BCUT2D eigenvalue weighted by atomic mass is 9.65. The summed E-state index contributed by atoms with van der Waals surface area (Å²) in [6.07, 6.45) is 6.18. The van der Waals surface area contributed by atoms with Gasteiger partial charge < -0.3 is 39.6 Å². The van der Waals surface area contributed by atoms with Crippen LogP contribution in [0, 0.1) is 17.8 Å². The number of hydrogen-bond donors (Lipinski definition) is 5. The zero-order chi connectivity index (χ0) is 36.8. The van der Waals surface area contributed by atoms with Crippen molar-refractivity contribution < 1.29 is 44.2 Å². The molecule has 5 unspecified atom stereocenters. The predicted molar refractivity (Wildman–Crippen MR) is 198 cm³/mol. The summed E-state index contributed by atoms with van der Waals surface area (Å²) in [6, 6.07) is 18.8. The molecule has 0 spiro atoms. The van der Waals surface area contributed by atoms with E-state index in [9.17, 15) is 24.9 Å². The van der Waals surface area contributed by atoms with Crippen LogP contribution in [0.15, 0.2) is 66.7 Å². The van der Waals surface area contributed by atoms with Crippen molar-refractivity contribution in [3.8, 4) is 23.0 Å². The molecule has 1 aromatic heterocycles. The van der Waals surface area contributed by atoms with Gasteiger partial charge >= 0.3 is 5.97 Å². The number of phenols is 2. The Morgan fingerprint density at radius 3 is 2.54 bits per heavy atom. The van der Waals surface area contributed by atoms with Gasteiger partial charge in [0.2, 0.25) is 0 Å². The van der Waals surface area contributed by atoms with Crippen molar-refractivity contribution in [2.45, 2.75) is 70.3 Å². The Bertz CT molecular complexity index is 1880. The van der Waals surface area contributed by atoms with Gasteiger partial charge in [0, 0.05) is 48.5 Å². The van der Waals surface area contributed by atoms with Gasteiger partial charge in [-0.3, -0.25) is 9.59 Å². The first kappa shape index (κ1) is 37.0. The molecule has 0 radical (unpaired) electrons. The molecule has 0 aliphatic heterocycles. The molecule has 4 aromatic rings. The number of aliphatic hydroxyl groups is 2. The van der Waals surface area contributed by atoms with Gasteiger partial charge in [0.05, 0.1) is 13.7 Å². The smallest absolute Gasteiger partial charge is 0.302 e. The number of hydrogen-bond acceptors (Lipinski definition) is 9. The van der Waals surface area contributed by atoms with Crippen molar-refractivity contribution in [1.82, 2.24) is 4.98 Å². The first-order valence-electron chi connectivity index (χ1n) is 18.2. The summed E-state index contributed by atoms with van der Waals surface area (Å²) >= 11 is 0. The number of rotatable bonds is 15. The minimum atomic E-state index is -0.662. The Labute approximate surface area is 304 Å². The molecule has 5 N–H and O–H groups in total. The number of ketones is 1. The fourth-order valence-corrected chi connectivity index (χ4v) is 8.30. The number of Topliss-reactive ketones (excluding diaryl/α,β-unsaturated/α-hetero) is 1. The average molecular weight is 712 g/mol. The number of methoxy groups -OCH3 is 1. The summed E-state index contributed by atoms with van der Waals surface area (Å²) in [4.78, 5) is 30.0. The lowest BCUT2D eigenvalue weighted by molar-refractivity contribution is -0.147. The number of ether oxygens (including phenoxy) is 3. The molecule has 1 saturated carbocycles. The molecule has 1 fully saturated rings. The summed E-state index contributed by atoms with van der Waals surface area (Å²) in [6.45, 7) is 1.30. The van der Waals surface area contributed by atoms with E-state index in [2.05, 4.69) is 23.2 Å². The van der Waals surface area contributed by atoms with E-state index in [1.165, 1.54) is 20.1 Å². The molecule has 0 amide bonds. The van der Waals surface area contributed by atoms with Gasteiger partial charge in [-0.05, 0) is 115 Å². The second kappa shape index (κ2) is 16.7. The van der Waals surface area contributed by atoms with Crippen LogP contribution in [0.4, 0.5) is 0 Å². The van der Waals surface area contributed by atoms with Gasteiger partial charge in [-0.25, -0.2) is 0 Å². The minimum absolute atomic E-state index is 0.0189. The van der Waals surface area contributed by atoms with Crippen LogP contribution in [0.3, 0.4) is 0 Å². The number of allylic oxidation sites excluding steroid dienone is 1. The molecule has 2 aliphatic carbocycles. The number of nitrogens with one attached hydrogen (secondary N) is 1. The van der Waals surface area contributed by atoms with Crippen molar-refractivity contribution >= 4 is 28.2 Å². The zero-order valence-electron chi connectivity index (χ0n) is 29.8. The summed E-state index contributed by atoms with van der Waals surface area (Å²) in [5.41, 5.74) is 5.52. The Morgan fingerprint density at radius 1 is 0.962 bits per heavy atom. The molecule has 0 bridgehead atoms. The number of H-pyrrole nitrogens is 1. The normalized spacial score (nSPS) is 20.3. The summed E-state index contributed by atoms with van der Waals surface area (Å²) < 4.78 is 16.8. The largest absolute Gasteiger partial charge is 0.504 e. The summed E-state index contributed by atoms with van der Waals surface area (Å²) in [5.74, 6) is 0.395. The number of aromatic nitrogens is 1. The number of aromatic hydroxyl groups is 2. The number of fused-ring (bicyclic) bond motifs is 3. The van der Waals surface area contributed by atoms with Crippen LogP contribution in [-0.2, 0) is 20.7 Å². The standard InChI is InChI=1S/C42H49NO9/c1-25(46)52-31(11-8-26-9-12-39(48)42(18-26)51-16-15-45)21-30(47)22-33-32-17-27(13-14-44)7-10-28(32)19-36(34-23-40(49)41(50-2)24-35(33)34)38-20-29-5-3-4-6-37(29)43-38/h3-6,9,12,18-20,23-24,27-28,31-33,43-45,48-49H,7-8,10-11,13-17,21-22H2,1-2H3. The predicted octanol–water partition coefficient (Wildman–Crippen LogP) is 6.82. The number of benzene rings is 3. The van der Waals surface area contributed by atoms with Crippen LogP contribution >= 0.6 is 0 Å². The Morgan fingerprint density at radius 2 is 1.79 bits per heavy atom. The zero-order valence-corrected chi connectivity index (χ0v) is 29.8. The van der Waals surface area contributed by atoms with Gasteiger partial charge in [0.25, 0.3) is 0 Å². The highest BCUT2D eigenvalue weighted by Gasteiger charge is 2.40. The van der Waals surface area contributed by atoms with E-state index < -0.39 is 12.1 Å². The van der Waals surface area contributed by atoms with Crippen LogP contribution in [0.25, 0.3) is 16.5 Å². The Balaban J connectivity index is 1.32. The van der Waals surface area contributed by atoms with E-state index in [0.717, 1.165) is 58.1 Å². The van der Waals surface area contributed by atoms with Crippen LogP contribution in [0.5, 0.6) is 23.0 Å². The maximum atomic E-state index is 14.2. The van der Waals surface area contributed by atoms with Crippen molar-refractivity contribution in [3.05, 3.63) is 89.1 Å². The lowest BCUT2D eigenvalue weighted by Gasteiger charge is -2.39. The van der Waals surface area contributed by atoms with Gasteiger partial charge in [-0.1, -0.05) is 30.3 Å². The maximum absolute atomic E-state index is 14.2. The molecule has 0 saturated heterocycles. The first-order chi connectivity index (χ1) is 25.2. The van der Waals surface area contributed by atoms with Gasteiger partial charge in [-0.15, -0.1) is 0 Å². The van der Waals surface area contributed by atoms with Crippen LogP contribution in [0.2, 0.25) is 0 Å². The molecule has 52 heavy (non-hydrogen) atoms. The van der Waals surface area contributed by atoms with Crippen molar-refractivity contribution in [2.24, 2.45) is 17.8 Å². The monoisotopic (exact) mass is 711 g/mol. The van der Waals surface area contributed by atoms with Gasteiger partial charge in [0.15, 0.2) is 23.0 Å². The number of para-hydroxylation sites is 1. The topological polar surface area (TPSA) is 159 Å². The number of aromatic amines is 1. The molecule has 3 aromatic carbocycles. The molecule has 2 aliphatic rings. The van der Waals surface area contributed by atoms with Gasteiger partial charge in [-0.2, -0.15) is 0 Å². The quantitative estimate of drug-likeness (QED) is 0.0835. The average Bonchev–Trinajstić information content (AvgIpc) is 3.51. The molecule has 10 nitrogen and oxygen atoms in total. The maximum Gasteiger partial charge on any atom is 0.302 e. The second-order valence-electron chi connectivity index (χ2n) is 14.2. The number of esters is 1. The highest BCUT2D eigenvalue weighted by molar-refractivity contribution is 5.90. The minimum Gasteiger partial charge on any atom is -0.504 e. The molecule has 276 valence electrons. The Kier molecular flexibility index (Phi) is 11.9. The number of aliphatic hydroxyl groups excluding tert-OH is 2. The molecule has 10 heteroatoms. The third-order valence-corrected chi connectivity index (χ3v) is 10.7. The fraction of sp³-hybridized carbons (Fsp3) is 0.429. The van der Waals surface area contributed by atoms with E-state index in [1.807, 2.05) is 24.3 Å². The molecular formula is C42H49NO9. The summed E-state index contributed by atoms with van der Waals surface area (Å²) in [7, 11) is 1.52. The highest BCUT2D eigenvalue weighted by Crippen LogP contribution is 2.52. The molecule has 6 rings (SSSR count). The van der Waals surface area contributed by atoms with Crippen molar-refractivity contribution in [3.63, 3.8) is 0 Å². The highest BCUT2D eigenvalue weighted by atomic mass is 16.5. The van der Waals surface area contributed by atoms with Gasteiger partial charge in [0.1, 0.15) is 18.5 Å². The first-order valence-corrected chi connectivity index (χ1v) is 18.2. The third kappa shape index (κ3) is 8.45. The van der Waals surface area contributed by atoms with E-state index in [1.54, 1.807) is 18.2 Å². The number of carbonyl (C=O) groups is 2. The third-order valence-electron chi connectivity index (χ3n) is 10.7. The van der Waals surface area contributed by atoms with E-state index in [0.29, 0.717) is 30.9 Å². The molecule has 1 heterocycles. The van der Waals surface area contributed by atoms with Crippen molar-refractivity contribution in [2.75, 3.05) is 26.9 Å². The number of aryl methyl sites for hydroxylation is 1. The van der Waals surface area contributed by atoms with Crippen LogP contribution in [0.1, 0.15) is 80.2 Å². The summed E-state index contributed by atoms with van der Waals surface area (Å²) in [5, 5.41) is 41.3. The van der Waals surface area contributed by atoms with Crippen molar-refractivity contribution in [1.29, 1.82) is 0 Å². The van der Waals surface area contributed by atoms with E-state index in [4.69, 9.17) is 19.3 Å².